The molecule has 5 rings (SSSR count). The third kappa shape index (κ3) is 4.61. The van der Waals surface area contributed by atoms with E-state index in [2.05, 4.69) is 39.1 Å². The molecule has 2 aliphatic rings. The summed E-state index contributed by atoms with van der Waals surface area (Å²) in [5.41, 5.74) is 5.74. The molecule has 176 valence electrons. The number of rotatable bonds is 6. The van der Waals surface area contributed by atoms with Gasteiger partial charge in [0.2, 0.25) is 0 Å². The van der Waals surface area contributed by atoms with Crippen molar-refractivity contribution in [2.24, 2.45) is 5.92 Å². The van der Waals surface area contributed by atoms with E-state index in [1.807, 2.05) is 38.1 Å². The summed E-state index contributed by atoms with van der Waals surface area (Å²) in [7, 11) is 0. The highest BCUT2D eigenvalue weighted by molar-refractivity contribution is 5.96. The number of piperidine rings is 1. The summed E-state index contributed by atoms with van der Waals surface area (Å²) < 4.78 is 7.53. The minimum atomic E-state index is -0.464. The van der Waals surface area contributed by atoms with Crippen LogP contribution in [0.5, 0.6) is 0 Å². The van der Waals surface area contributed by atoms with E-state index >= 15 is 0 Å². The average molecular weight is 457 g/mol. The molecule has 0 unspecified atom stereocenters. The maximum absolute atomic E-state index is 12.0. The summed E-state index contributed by atoms with van der Waals surface area (Å²) in [6, 6.07) is 16.8. The highest BCUT2D eigenvalue weighted by Crippen LogP contribution is 2.40. The first-order chi connectivity index (χ1) is 16.5. The van der Waals surface area contributed by atoms with Gasteiger partial charge in [-0.15, -0.1) is 0 Å². The Morgan fingerprint density at radius 1 is 1.12 bits per heavy atom. The molecule has 1 amide bonds. The number of nitrogens with zero attached hydrogens (tertiary/aromatic N) is 3. The third-order valence-electron chi connectivity index (χ3n) is 6.77. The largest absolute Gasteiger partial charge is 0.447 e. The maximum atomic E-state index is 12.0. The van der Waals surface area contributed by atoms with Crippen molar-refractivity contribution in [3.63, 3.8) is 0 Å². The van der Waals surface area contributed by atoms with E-state index in [9.17, 15) is 10.1 Å². The van der Waals surface area contributed by atoms with Gasteiger partial charge in [-0.3, -0.25) is 5.32 Å². The van der Waals surface area contributed by atoms with Crippen LogP contribution in [-0.2, 0) is 11.3 Å². The molecule has 0 atom stereocenters. The van der Waals surface area contributed by atoms with Crippen molar-refractivity contribution in [2.75, 3.05) is 23.3 Å². The molecule has 34 heavy (non-hydrogen) atoms. The summed E-state index contributed by atoms with van der Waals surface area (Å²) in [6.45, 7) is 6.77. The molecule has 0 bridgehead atoms. The SMILES string of the molecule is CC(C)OC(=O)Nc1ccc(-c2c(C#N)c3ccc(N4CCCCC4)cc3n2CC2CC2)cc1. The van der Waals surface area contributed by atoms with Crippen LogP contribution in [0.1, 0.15) is 51.5 Å². The topological polar surface area (TPSA) is 70.3 Å². The fourth-order valence-electron chi connectivity index (χ4n) is 4.92. The van der Waals surface area contributed by atoms with Crippen LogP contribution in [0.3, 0.4) is 0 Å². The second-order valence-electron chi connectivity index (χ2n) is 9.79. The van der Waals surface area contributed by atoms with E-state index in [-0.39, 0.29) is 6.10 Å². The van der Waals surface area contributed by atoms with E-state index in [1.54, 1.807) is 0 Å². The van der Waals surface area contributed by atoms with Crippen LogP contribution in [0.2, 0.25) is 0 Å². The predicted molar refractivity (Wildman–Crippen MR) is 136 cm³/mol. The molecule has 2 fully saturated rings. The van der Waals surface area contributed by atoms with Gasteiger partial charge in [-0.25, -0.2) is 4.79 Å². The second-order valence-corrected chi connectivity index (χ2v) is 9.79. The van der Waals surface area contributed by atoms with Crippen LogP contribution >= 0.6 is 0 Å². The summed E-state index contributed by atoms with van der Waals surface area (Å²) in [5, 5.41) is 14.0. The van der Waals surface area contributed by atoms with E-state index in [1.165, 1.54) is 37.8 Å². The van der Waals surface area contributed by atoms with Crippen LogP contribution < -0.4 is 10.2 Å². The van der Waals surface area contributed by atoms with Crippen LogP contribution in [0.25, 0.3) is 22.2 Å². The van der Waals surface area contributed by atoms with Crippen molar-refractivity contribution in [1.29, 1.82) is 5.26 Å². The number of anilines is 2. The zero-order valence-corrected chi connectivity index (χ0v) is 20.0. The Labute approximate surface area is 201 Å². The van der Waals surface area contributed by atoms with Crippen molar-refractivity contribution in [1.82, 2.24) is 4.57 Å². The van der Waals surface area contributed by atoms with E-state index in [0.29, 0.717) is 11.6 Å². The minimum absolute atomic E-state index is 0.176. The van der Waals surface area contributed by atoms with Gasteiger partial charge in [0.1, 0.15) is 6.07 Å². The van der Waals surface area contributed by atoms with Gasteiger partial charge in [0.15, 0.2) is 0 Å². The number of amides is 1. The number of ether oxygens (including phenoxy) is 1. The van der Waals surface area contributed by atoms with E-state index in [0.717, 1.165) is 47.4 Å². The number of hydrogen-bond donors (Lipinski definition) is 1. The predicted octanol–water partition coefficient (Wildman–Crippen LogP) is 6.54. The Bertz CT molecular complexity index is 1230. The molecule has 1 N–H and O–H groups in total. The molecule has 1 aliphatic carbocycles. The fraction of sp³-hybridized carbons (Fsp3) is 0.429. The molecule has 1 aromatic heterocycles. The molecule has 1 saturated heterocycles. The van der Waals surface area contributed by atoms with Gasteiger partial charge in [-0.1, -0.05) is 12.1 Å². The second kappa shape index (κ2) is 9.42. The molecular weight excluding hydrogens is 424 g/mol. The highest BCUT2D eigenvalue weighted by Gasteiger charge is 2.27. The number of benzene rings is 2. The Morgan fingerprint density at radius 2 is 1.85 bits per heavy atom. The summed E-state index contributed by atoms with van der Waals surface area (Å²) >= 11 is 0. The quantitative estimate of drug-likeness (QED) is 0.457. The lowest BCUT2D eigenvalue weighted by atomic mass is 10.0. The Hall–Kier alpha value is -3.46. The van der Waals surface area contributed by atoms with Crippen LogP contribution in [0, 0.1) is 17.2 Å². The minimum Gasteiger partial charge on any atom is -0.447 e. The highest BCUT2D eigenvalue weighted by atomic mass is 16.6. The molecular formula is C28H32N4O2. The van der Waals surface area contributed by atoms with Crippen molar-refractivity contribution >= 4 is 28.4 Å². The zero-order valence-electron chi connectivity index (χ0n) is 20.0. The Balaban J connectivity index is 1.54. The number of fused-ring (bicyclic) bond motifs is 1. The monoisotopic (exact) mass is 456 g/mol. The lowest BCUT2D eigenvalue weighted by Gasteiger charge is -2.29. The van der Waals surface area contributed by atoms with Crippen molar-refractivity contribution in [3.05, 3.63) is 48.0 Å². The van der Waals surface area contributed by atoms with Gasteiger partial charge in [-0.2, -0.15) is 5.26 Å². The number of carbonyl (C=O) groups excluding carboxylic acids is 1. The van der Waals surface area contributed by atoms with Crippen molar-refractivity contribution < 1.29 is 9.53 Å². The third-order valence-corrected chi connectivity index (χ3v) is 6.77. The van der Waals surface area contributed by atoms with Crippen molar-refractivity contribution in [2.45, 2.75) is 58.6 Å². The average Bonchev–Trinajstić information content (AvgIpc) is 3.60. The molecule has 0 radical (unpaired) electrons. The summed E-state index contributed by atoms with van der Waals surface area (Å²) in [5.74, 6) is 0.672. The van der Waals surface area contributed by atoms with Gasteiger partial charge in [-0.05, 0) is 87.8 Å². The fourth-order valence-corrected chi connectivity index (χ4v) is 4.92. The molecule has 6 nitrogen and oxygen atoms in total. The van der Waals surface area contributed by atoms with Gasteiger partial charge in [0.05, 0.1) is 22.9 Å². The normalized spacial score (nSPS) is 16.0. The molecule has 3 aromatic rings. The Kier molecular flexibility index (Phi) is 6.19. The first-order valence-corrected chi connectivity index (χ1v) is 12.4. The van der Waals surface area contributed by atoms with Crippen molar-refractivity contribution in [3.8, 4) is 17.3 Å². The lowest BCUT2D eigenvalue weighted by molar-refractivity contribution is 0.130. The zero-order chi connectivity index (χ0) is 23.7. The molecule has 2 aromatic carbocycles. The summed E-state index contributed by atoms with van der Waals surface area (Å²) in [6.07, 6.45) is 5.63. The maximum Gasteiger partial charge on any atom is 0.411 e. The molecule has 1 aliphatic heterocycles. The number of nitriles is 1. The number of aromatic nitrogens is 1. The van der Waals surface area contributed by atoms with Crippen LogP contribution in [0.15, 0.2) is 42.5 Å². The summed E-state index contributed by atoms with van der Waals surface area (Å²) in [4.78, 5) is 14.4. The Morgan fingerprint density at radius 3 is 2.50 bits per heavy atom. The molecule has 0 spiro atoms. The van der Waals surface area contributed by atoms with E-state index in [4.69, 9.17) is 4.74 Å². The smallest absolute Gasteiger partial charge is 0.411 e. The first-order valence-electron chi connectivity index (χ1n) is 12.4. The van der Waals surface area contributed by atoms with Crippen LogP contribution in [0.4, 0.5) is 16.2 Å². The lowest BCUT2D eigenvalue weighted by Crippen LogP contribution is -2.29. The van der Waals surface area contributed by atoms with Gasteiger partial charge in [0.25, 0.3) is 0 Å². The molecule has 1 saturated carbocycles. The van der Waals surface area contributed by atoms with Gasteiger partial charge >= 0.3 is 6.09 Å². The first kappa shape index (κ1) is 22.3. The van der Waals surface area contributed by atoms with E-state index < -0.39 is 6.09 Å². The van der Waals surface area contributed by atoms with Gasteiger partial charge < -0.3 is 14.2 Å². The number of nitrogens with one attached hydrogen (secondary N) is 1. The molecule has 6 heteroatoms. The van der Waals surface area contributed by atoms with Gasteiger partial charge in [0, 0.05) is 36.4 Å². The number of carbonyl (C=O) groups is 1. The standard InChI is InChI=1S/C28H32N4O2/c1-19(2)34-28(33)30-22-10-8-21(9-11-22)27-25(17-29)24-13-12-23(31-14-4-3-5-15-31)16-26(24)32(27)18-20-6-7-20/h8-13,16,19-20H,3-7,14-15,18H2,1-2H3,(H,30,33). The molecule has 2 heterocycles. The number of hydrogen-bond acceptors (Lipinski definition) is 4. The van der Waals surface area contributed by atoms with Crippen LogP contribution in [-0.4, -0.2) is 29.9 Å².